The Hall–Kier alpha value is -7.05. The molecule has 254 valence electrons. The maximum atomic E-state index is 6.69. The fraction of sp³-hybridized carbons (Fsp3) is 0.0625. The summed E-state index contributed by atoms with van der Waals surface area (Å²) in [6.45, 7) is 4.60. The topological polar surface area (TPSA) is 69.9 Å². The third-order valence-electron chi connectivity index (χ3n) is 11.5. The molecule has 7 aromatic carbocycles. The molecule has 0 bridgehead atoms. The number of fused-ring (bicyclic) bond motifs is 13. The van der Waals surface area contributed by atoms with E-state index in [1.807, 2.05) is 42.5 Å². The van der Waals surface area contributed by atoms with E-state index in [9.17, 15) is 0 Å². The normalized spacial score (nSPS) is 13.5. The Bertz CT molecular complexity index is 3380. The number of benzene rings is 7. The molecule has 1 aliphatic rings. The van der Waals surface area contributed by atoms with Crippen molar-refractivity contribution in [2.24, 2.45) is 0 Å². The lowest BCUT2D eigenvalue weighted by Crippen LogP contribution is -2.14. The number of para-hydroxylation sites is 3. The highest BCUT2D eigenvalue weighted by Crippen LogP contribution is 2.52. The Labute approximate surface area is 309 Å². The molecule has 0 saturated carbocycles. The molecule has 54 heavy (non-hydrogen) atoms. The number of hydrogen-bond donors (Lipinski definition) is 0. The first-order chi connectivity index (χ1) is 26.5. The van der Waals surface area contributed by atoms with Gasteiger partial charge in [-0.1, -0.05) is 117 Å². The van der Waals surface area contributed by atoms with Crippen molar-refractivity contribution in [2.75, 3.05) is 0 Å². The fourth-order valence-corrected chi connectivity index (χ4v) is 8.96. The van der Waals surface area contributed by atoms with Crippen LogP contribution < -0.4 is 0 Å². The summed E-state index contributed by atoms with van der Waals surface area (Å²) >= 11 is 0. The molecule has 6 heteroatoms. The van der Waals surface area contributed by atoms with Gasteiger partial charge in [-0.25, -0.2) is 4.98 Å². The van der Waals surface area contributed by atoms with Crippen LogP contribution in [0.5, 0.6) is 0 Å². The standard InChI is InChI=1S/C48H30N4O2/c1-48(2)36-17-7-3-15-33(36)42-34(16-11-18-37(42)48)46-49-45(27-22-25-41-35(26-27)30-14-6-9-20-39(30)53-41)50-47(51-46)52-38-19-8-4-12-28(38)31-23-24-32-29-13-5-10-21-40(29)54-44(32)43(31)52/h3-26H,1-2H3. The summed E-state index contributed by atoms with van der Waals surface area (Å²) in [4.78, 5) is 16.1. The highest BCUT2D eigenvalue weighted by Gasteiger charge is 2.37. The Kier molecular flexibility index (Phi) is 5.75. The molecule has 0 radical (unpaired) electrons. The van der Waals surface area contributed by atoms with Crippen LogP contribution in [0.25, 0.3) is 106 Å². The number of aromatic nitrogens is 4. The summed E-state index contributed by atoms with van der Waals surface area (Å²) in [5.74, 6) is 1.71. The largest absolute Gasteiger partial charge is 0.456 e. The van der Waals surface area contributed by atoms with Gasteiger partial charge >= 0.3 is 0 Å². The van der Waals surface area contributed by atoms with Crippen LogP contribution in [0.15, 0.2) is 154 Å². The van der Waals surface area contributed by atoms with Gasteiger partial charge in [-0.3, -0.25) is 4.57 Å². The summed E-state index contributed by atoms with van der Waals surface area (Å²) < 4.78 is 15.1. The molecule has 0 unspecified atom stereocenters. The quantitative estimate of drug-likeness (QED) is 0.184. The van der Waals surface area contributed by atoms with E-state index in [-0.39, 0.29) is 5.41 Å². The molecule has 1 aliphatic carbocycles. The van der Waals surface area contributed by atoms with E-state index in [2.05, 4.69) is 122 Å². The third kappa shape index (κ3) is 3.91. The van der Waals surface area contributed by atoms with E-state index in [0.29, 0.717) is 17.6 Å². The maximum Gasteiger partial charge on any atom is 0.238 e. The van der Waals surface area contributed by atoms with Crippen molar-refractivity contribution < 1.29 is 8.83 Å². The van der Waals surface area contributed by atoms with Gasteiger partial charge in [0.2, 0.25) is 5.95 Å². The predicted octanol–water partition coefficient (Wildman–Crippen LogP) is 12.4. The molecule has 0 aliphatic heterocycles. The minimum atomic E-state index is -0.173. The zero-order valence-corrected chi connectivity index (χ0v) is 29.5. The second-order valence-corrected chi connectivity index (χ2v) is 14.8. The van der Waals surface area contributed by atoms with Gasteiger partial charge in [0.15, 0.2) is 17.2 Å². The molecule has 0 N–H and O–H groups in total. The lowest BCUT2D eigenvalue weighted by atomic mass is 9.82. The van der Waals surface area contributed by atoms with E-state index in [1.54, 1.807) is 0 Å². The molecular weight excluding hydrogens is 665 g/mol. The van der Waals surface area contributed by atoms with Crippen LogP contribution in [-0.4, -0.2) is 19.5 Å². The first-order valence-electron chi connectivity index (χ1n) is 18.3. The van der Waals surface area contributed by atoms with Gasteiger partial charge < -0.3 is 8.83 Å². The highest BCUT2D eigenvalue weighted by molar-refractivity contribution is 6.21. The van der Waals surface area contributed by atoms with Gasteiger partial charge in [-0.05, 0) is 64.7 Å². The summed E-state index contributed by atoms with van der Waals surface area (Å²) in [7, 11) is 0. The van der Waals surface area contributed by atoms with Gasteiger partial charge in [-0.15, -0.1) is 0 Å². The minimum absolute atomic E-state index is 0.173. The summed E-state index contributed by atoms with van der Waals surface area (Å²) in [5.41, 5.74) is 11.8. The highest BCUT2D eigenvalue weighted by atomic mass is 16.3. The van der Waals surface area contributed by atoms with Crippen molar-refractivity contribution in [3.63, 3.8) is 0 Å². The number of hydrogen-bond acceptors (Lipinski definition) is 5. The second kappa shape index (κ2) is 10.5. The first-order valence-corrected chi connectivity index (χ1v) is 18.3. The van der Waals surface area contributed by atoms with Crippen LogP contribution in [0.1, 0.15) is 25.0 Å². The van der Waals surface area contributed by atoms with E-state index in [1.165, 1.54) is 22.3 Å². The lowest BCUT2D eigenvalue weighted by Gasteiger charge is -2.21. The van der Waals surface area contributed by atoms with E-state index in [0.717, 1.165) is 76.8 Å². The van der Waals surface area contributed by atoms with Crippen LogP contribution in [0.2, 0.25) is 0 Å². The molecule has 12 rings (SSSR count). The SMILES string of the molecule is CC1(C)c2ccccc2-c2c(-c3nc(-c4ccc5oc6ccccc6c5c4)nc(-n4c5ccccc5c5ccc6c7ccccc7oc6c54)n3)cccc21. The van der Waals surface area contributed by atoms with Gasteiger partial charge in [0.05, 0.1) is 5.52 Å². The average Bonchev–Trinajstić information content (AvgIpc) is 3.94. The van der Waals surface area contributed by atoms with Gasteiger partial charge in [-0.2, -0.15) is 9.97 Å². The minimum Gasteiger partial charge on any atom is -0.456 e. The monoisotopic (exact) mass is 694 g/mol. The first kappa shape index (κ1) is 29.5. The second-order valence-electron chi connectivity index (χ2n) is 14.8. The van der Waals surface area contributed by atoms with Crippen molar-refractivity contribution >= 4 is 65.7 Å². The zero-order valence-electron chi connectivity index (χ0n) is 29.5. The van der Waals surface area contributed by atoms with Gasteiger partial charge in [0, 0.05) is 48.9 Å². The van der Waals surface area contributed by atoms with E-state index < -0.39 is 0 Å². The van der Waals surface area contributed by atoms with Crippen molar-refractivity contribution in [1.29, 1.82) is 0 Å². The maximum absolute atomic E-state index is 6.69. The van der Waals surface area contributed by atoms with Gasteiger partial charge in [0.25, 0.3) is 0 Å². The van der Waals surface area contributed by atoms with Crippen LogP contribution in [0.3, 0.4) is 0 Å². The fourth-order valence-electron chi connectivity index (χ4n) is 8.96. The summed E-state index contributed by atoms with van der Waals surface area (Å²) in [6.07, 6.45) is 0. The smallest absolute Gasteiger partial charge is 0.238 e. The molecular formula is C48H30N4O2. The molecule has 0 saturated heterocycles. The number of rotatable bonds is 3. The lowest BCUT2D eigenvalue weighted by molar-refractivity contribution is 0.660. The zero-order chi connectivity index (χ0) is 35.7. The van der Waals surface area contributed by atoms with Crippen molar-refractivity contribution in [3.8, 4) is 39.9 Å². The Morgan fingerprint density at radius 2 is 1.13 bits per heavy atom. The Morgan fingerprint density at radius 1 is 0.481 bits per heavy atom. The number of nitrogens with zero attached hydrogens (tertiary/aromatic N) is 4. The summed E-state index contributed by atoms with van der Waals surface area (Å²) in [6, 6.07) is 50.6. The van der Waals surface area contributed by atoms with E-state index >= 15 is 0 Å². The van der Waals surface area contributed by atoms with Crippen LogP contribution >= 0.6 is 0 Å². The van der Waals surface area contributed by atoms with Crippen molar-refractivity contribution in [1.82, 2.24) is 19.5 Å². The number of furan rings is 2. The molecule has 0 amide bonds. The summed E-state index contributed by atoms with van der Waals surface area (Å²) in [5, 5.41) is 6.37. The molecule has 11 aromatic rings. The molecule has 4 heterocycles. The molecule has 0 atom stereocenters. The Balaban J connectivity index is 1.20. The van der Waals surface area contributed by atoms with Crippen molar-refractivity contribution in [3.05, 3.63) is 157 Å². The average molecular weight is 695 g/mol. The predicted molar refractivity (Wildman–Crippen MR) is 217 cm³/mol. The van der Waals surface area contributed by atoms with Crippen LogP contribution in [-0.2, 0) is 5.41 Å². The van der Waals surface area contributed by atoms with Gasteiger partial charge in [0.1, 0.15) is 22.3 Å². The molecule has 0 fully saturated rings. The third-order valence-corrected chi connectivity index (χ3v) is 11.5. The molecule has 0 spiro atoms. The Morgan fingerprint density at radius 3 is 2.00 bits per heavy atom. The van der Waals surface area contributed by atoms with Crippen LogP contribution in [0.4, 0.5) is 0 Å². The van der Waals surface area contributed by atoms with Crippen LogP contribution in [0, 0.1) is 0 Å². The molecule has 4 aromatic heterocycles. The van der Waals surface area contributed by atoms with E-state index in [4.69, 9.17) is 23.8 Å². The van der Waals surface area contributed by atoms with Crippen molar-refractivity contribution in [2.45, 2.75) is 19.3 Å². The molecule has 6 nitrogen and oxygen atoms in total.